The second-order valence-corrected chi connectivity index (χ2v) is 8.49. The van der Waals surface area contributed by atoms with Crippen LogP contribution in [0.15, 0.2) is 29.2 Å². The molecule has 2 aromatic rings. The van der Waals surface area contributed by atoms with E-state index >= 15 is 0 Å². The number of carbonyl (C=O) groups is 1. The molecule has 0 bridgehead atoms. The Balaban J connectivity index is 2.13. The van der Waals surface area contributed by atoms with Gasteiger partial charge in [0, 0.05) is 11.1 Å². The van der Waals surface area contributed by atoms with Crippen molar-refractivity contribution in [2.75, 3.05) is 11.6 Å². The Morgan fingerprint density at radius 2 is 1.91 bits per heavy atom. The van der Waals surface area contributed by atoms with Crippen LogP contribution in [0.1, 0.15) is 28.5 Å². The fourth-order valence-corrected chi connectivity index (χ4v) is 4.04. The van der Waals surface area contributed by atoms with Crippen molar-refractivity contribution in [3.8, 4) is 0 Å². The van der Waals surface area contributed by atoms with Crippen LogP contribution in [-0.2, 0) is 9.84 Å². The second-order valence-electron chi connectivity index (χ2n) is 5.27. The van der Waals surface area contributed by atoms with Crippen LogP contribution < -0.4 is 10.6 Å². The van der Waals surface area contributed by atoms with Crippen molar-refractivity contribution in [2.45, 2.75) is 31.7 Å². The lowest BCUT2D eigenvalue weighted by Crippen LogP contribution is -2.31. The van der Waals surface area contributed by atoms with Crippen molar-refractivity contribution in [1.29, 1.82) is 0 Å². The fraction of sp³-hybridized carbons (Fsp3) is 0.333. The normalized spacial score (nSPS) is 12.7. The van der Waals surface area contributed by atoms with E-state index in [1.807, 2.05) is 20.8 Å². The van der Waals surface area contributed by atoms with Gasteiger partial charge in [0.2, 0.25) is 0 Å². The molecule has 1 heterocycles. The van der Waals surface area contributed by atoms with Gasteiger partial charge in [0.1, 0.15) is 0 Å². The number of hydrogen-bond donors (Lipinski definition) is 2. The highest BCUT2D eigenvalue weighted by Gasteiger charge is 2.18. The highest BCUT2D eigenvalue weighted by atomic mass is 32.2. The summed E-state index contributed by atoms with van der Waals surface area (Å²) >= 11 is 1.53. The third-order valence-corrected chi connectivity index (χ3v) is 5.63. The smallest absolute Gasteiger partial charge is 0.319 e. The molecule has 1 atom stereocenters. The summed E-state index contributed by atoms with van der Waals surface area (Å²) < 4.78 is 23.5. The van der Waals surface area contributed by atoms with Crippen molar-refractivity contribution in [1.82, 2.24) is 10.3 Å². The number of aryl methyl sites for hydroxylation is 2. The van der Waals surface area contributed by atoms with Gasteiger partial charge in [-0.2, -0.15) is 0 Å². The van der Waals surface area contributed by atoms with Crippen LogP contribution in [-0.4, -0.2) is 25.7 Å². The number of rotatable bonds is 4. The summed E-state index contributed by atoms with van der Waals surface area (Å²) in [5, 5.41) is 6.34. The number of sulfone groups is 1. The van der Waals surface area contributed by atoms with Crippen LogP contribution >= 0.6 is 11.3 Å². The van der Waals surface area contributed by atoms with E-state index in [4.69, 9.17) is 0 Å². The maximum Gasteiger partial charge on any atom is 0.319 e. The Kier molecular flexibility index (Phi) is 5.06. The molecule has 2 rings (SSSR count). The third kappa shape index (κ3) is 4.29. The van der Waals surface area contributed by atoms with Crippen LogP contribution in [0.5, 0.6) is 0 Å². The molecule has 2 amide bonds. The summed E-state index contributed by atoms with van der Waals surface area (Å²) in [6, 6.07) is 5.63. The van der Waals surface area contributed by atoms with Crippen molar-refractivity contribution < 1.29 is 13.2 Å². The molecule has 1 unspecified atom stereocenters. The lowest BCUT2D eigenvalue weighted by atomic mass is 10.2. The van der Waals surface area contributed by atoms with Gasteiger partial charge < -0.3 is 10.6 Å². The molecule has 0 saturated heterocycles. The van der Waals surface area contributed by atoms with Crippen molar-refractivity contribution in [3.63, 3.8) is 0 Å². The van der Waals surface area contributed by atoms with E-state index in [1.54, 1.807) is 18.2 Å². The van der Waals surface area contributed by atoms with E-state index < -0.39 is 15.9 Å². The second kappa shape index (κ2) is 6.67. The summed E-state index contributed by atoms with van der Waals surface area (Å²) in [6.07, 6.45) is 1.11. The highest BCUT2D eigenvalue weighted by molar-refractivity contribution is 7.90. The Hall–Kier alpha value is -1.93. The summed E-state index contributed by atoms with van der Waals surface area (Å²) in [7, 11) is -3.41. The minimum atomic E-state index is -3.41. The van der Waals surface area contributed by atoms with Crippen LogP contribution in [0.4, 0.5) is 10.5 Å². The number of benzene rings is 1. The standard InChI is InChI=1S/C15H19N3O3S2/c1-9-14(22-11(3)16-9)10(2)17-15(19)18-12-7-5-6-8-13(12)23(4,20)21/h5-8,10H,1-4H3,(H2,17,18,19). The van der Waals surface area contributed by atoms with Gasteiger partial charge in [-0.05, 0) is 32.9 Å². The Labute approximate surface area is 139 Å². The van der Waals surface area contributed by atoms with E-state index in [-0.39, 0.29) is 16.6 Å². The van der Waals surface area contributed by atoms with E-state index in [1.165, 1.54) is 17.4 Å². The first-order chi connectivity index (χ1) is 10.7. The number of anilines is 1. The lowest BCUT2D eigenvalue weighted by molar-refractivity contribution is 0.249. The van der Waals surface area contributed by atoms with Gasteiger partial charge in [-0.1, -0.05) is 12.1 Å². The Morgan fingerprint density at radius 1 is 1.26 bits per heavy atom. The Morgan fingerprint density at radius 3 is 2.48 bits per heavy atom. The fourth-order valence-electron chi connectivity index (χ4n) is 2.26. The highest BCUT2D eigenvalue weighted by Crippen LogP contribution is 2.25. The maximum absolute atomic E-state index is 12.2. The Bertz CT molecular complexity index is 828. The molecule has 0 saturated carbocycles. The van der Waals surface area contributed by atoms with Gasteiger partial charge in [0.05, 0.1) is 27.3 Å². The zero-order chi connectivity index (χ0) is 17.2. The van der Waals surface area contributed by atoms with Crippen molar-refractivity contribution in [3.05, 3.63) is 39.8 Å². The third-order valence-electron chi connectivity index (χ3n) is 3.22. The zero-order valence-corrected chi connectivity index (χ0v) is 15.0. The van der Waals surface area contributed by atoms with Crippen molar-refractivity contribution in [2.24, 2.45) is 0 Å². The SMILES string of the molecule is Cc1nc(C)c(C(C)NC(=O)Nc2ccccc2S(C)(=O)=O)s1. The molecule has 2 N–H and O–H groups in total. The summed E-state index contributed by atoms with van der Waals surface area (Å²) in [5.41, 5.74) is 1.15. The van der Waals surface area contributed by atoms with Gasteiger partial charge in [0.25, 0.3) is 0 Å². The molecule has 1 aromatic carbocycles. The average Bonchev–Trinajstić information content (AvgIpc) is 2.77. The number of hydrogen-bond acceptors (Lipinski definition) is 5. The minimum absolute atomic E-state index is 0.0904. The molecule has 23 heavy (non-hydrogen) atoms. The van der Waals surface area contributed by atoms with E-state index in [2.05, 4.69) is 15.6 Å². The van der Waals surface area contributed by atoms with E-state index in [0.717, 1.165) is 21.8 Å². The average molecular weight is 353 g/mol. The molecule has 0 spiro atoms. The number of thiazole rings is 1. The first kappa shape index (κ1) is 17.4. The number of amides is 2. The number of para-hydroxylation sites is 1. The van der Waals surface area contributed by atoms with Gasteiger partial charge in [-0.15, -0.1) is 11.3 Å². The molecule has 0 aliphatic heterocycles. The predicted octanol–water partition coefficient (Wildman–Crippen LogP) is 3.05. The number of aromatic nitrogens is 1. The summed E-state index contributed by atoms with van der Waals surface area (Å²) in [6.45, 7) is 5.67. The van der Waals surface area contributed by atoms with Crippen molar-refractivity contribution >= 4 is 32.9 Å². The minimum Gasteiger partial charge on any atom is -0.330 e. The van der Waals surface area contributed by atoms with Crippen LogP contribution in [0.2, 0.25) is 0 Å². The number of nitrogens with zero attached hydrogens (tertiary/aromatic N) is 1. The molecule has 0 fully saturated rings. The molecule has 8 heteroatoms. The zero-order valence-electron chi connectivity index (χ0n) is 13.4. The number of nitrogens with one attached hydrogen (secondary N) is 2. The quantitative estimate of drug-likeness (QED) is 0.884. The first-order valence-electron chi connectivity index (χ1n) is 6.99. The van der Waals surface area contributed by atoms with Gasteiger partial charge in [-0.25, -0.2) is 18.2 Å². The van der Waals surface area contributed by atoms with Gasteiger partial charge in [0.15, 0.2) is 9.84 Å². The van der Waals surface area contributed by atoms with Crippen LogP contribution in [0, 0.1) is 13.8 Å². The largest absolute Gasteiger partial charge is 0.330 e. The molecule has 0 aliphatic rings. The molecular formula is C15H19N3O3S2. The topological polar surface area (TPSA) is 88.2 Å². The molecule has 1 aromatic heterocycles. The monoisotopic (exact) mass is 353 g/mol. The number of carbonyl (C=O) groups excluding carboxylic acids is 1. The van der Waals surface area contributed by atoms with E-state index in [9.17, 15) is 13.2 Å². The number of urea groups is 1. The molecule has 6 nitrogen and oxygen atoms in total. The van der Waals surface area contributed by atoms with Gasteiger partial charge in [-0.3, -0.25) is 0 Å². The molecule has 124 valence electrons. The van der Waals surface area contributed by atoms with Gasteiger partial charge >= 0.3 is 6.03 Å². The lowest BCUT2D eigenvalue weighted by Gasteiger charge is -2.15. The predicted molar refractivity (Wildman–Crippen MR) is 91.7 cm³/mol. The van der Waals surface area contributed by atoms with Crippen LogP contribution in [0.25, 0.3) is 0 Å². The molecule has 0 aliphatic carbocycles. The molecule has 0 radical (unpaired) electrons. The van der Waals surface area contributed by atoms with E-state index in [0.29, 0.717) is 0 Å². The van der Waals surface area contributed by atoms with Crippen LogP contribution in [0.3, 0.4) is 0 Å². The first-order valence-corrected chi connectivity index (χ1v) is 9.70. The summed E-state index contributed by atoms with van der Waals surface area (Å²) in [5.74, 6) is 0. The molecular weight excluding hydrogens is 334 g/mol. The summed E-state index contributed by atoms with van der Waals surface area (Å²) in [4.78, 5) is 17.6. The maximum atomic E-state index is 12.2.